The minimum absolute atomic E-state index is 0.0312. The van der Waals surface area contributed by atoms with Crippen molar-refractivity contribution in [3.63, 3.8) is 0 Å². The summed E-state index contributed by atoms with van der Waals surface area (Å²) >= 11 is 0. The molecule has 1 aromatic heterocycles. The molecule has 6 heteroatoms. The maximum absolute atomic E-state index is 12.2. The maximum atomic E-state index is 12.2. The number of aromatic nitrogens is 2. The van der Waals surface area contributed by atoms with Crippen molar-refractivity contribution in [1.82, 2.24) is 15.1 Å². The molecule has 2 heterocycles. The Morgan fingerprint density at radius 1 is 1.33 bits per heavy atom. The van der Waals surface area contributed by atoms with Gasteiger partial charge in [0, 0.05) is 37.5 Å². The van der Waals surface area contributed by atoms with Crippen molar-refractivity contribution >= 4 is 17.5 Å². The van der Waals surface area contributed by atoms with E-state index in [0.717, 1.165) is 29.8 Å². The van der Waals surface area contributed by atoms with Gasteiger partial charge in [0.2, 0.25) is 11.8 Å². The van der Waals surface area contributed by atoms with Crippen LogP contribution in [0, 0.1) is 0 Å². The highest BCUT2D eigenvalue weighted by molar-refractivity contribution is 5.95. The highest BCUT2D eigenvalue weighted by atomic mass is 16.2. The first kappa shape index (κ1) is 16.2. The lowest BCUT2D eigenvalue weighted by atomic mass is 10.1. The number of nitrogens with one attached hydrogen (secondary N) is 1. The van der Waals surface area contributed by atoms with E-state index in [1.54, 1.807) is 15.8 Å². The Morgan fingerprint density at radius 2 is 2.08 bits per heavy atom. The zero-order valence-electron chi connectivity index (χ0n) is 14.0. The van der Waals surface area contributed by atoms with Crippen molar-refractivity contribution in [2.24, 2.45) is 7.05 Å². The fraction of sp³-hybridized carbons (Fsp3) is 0.389. The summed E-state index contributed by atoms with van der Waals surface area (Å²) in [7, 11) is 1.85. The van der Waals surface area contributed by atoms with Gasteiger partial charge in [-0.2, -0.15) is 5.10 Å². The van der Waals surface area contributed by atoms with Crippen LogP contribution in [0.1, 0.15) is 36.9 Å². The quantitative estimate of drug-likeness (QED) is 0.913. The zero-order chi connectivity index (χ0) is 17.1. The maximum Gasteiger partial charge on any atom is 0.227 e. The smallest absolute Gasteiger partial charge is 0.227 e. The summed E-state index contributed by atoms with van der Waals surface area (Å²) in [6.45, 7) is 2.72. The second-order valence-electron chi connectivity index (χ2n) is 6.23. The molecule has 1 aromatic carbocycles. The van der Waals surface area contributed by atoms with Gasteiger partial charge in [-0.1, -0.05) is 12.1 Å². The van der Waals surface area contributed by atoms with Crippen molar-refractivity contribution in [2.75, 3.05) is 11.4 Å². The van der Waals surface area contributed by atoms with Gasteiger partial charge in [0.1, 0.15) is 0 Å². The normalized spacial score (nSPS) is 15.6. The molecule has 0 bridgehead atoms. The van der Waals surface area contributed by atoms with E-state index >= 15 is 0 Å². The van der Waals surface area contributed by atoms with E-state index in [0.29, 0.717) is 12.8 Å². The Hall–Kier alpha value is -2.63. The molecule has 1 aliphatic heterocycles. The van der Waals surface area contributed by atoms with Gasteiger partial charge in [-0.3, -0.25) is 14.3 Å². The molecule has 0 aliphatic carbocycles. The van der Waals surface area contributed by atoms with Gasteiger partial charge in [0.15, 0.2) is 0 Å². The van der Waals surface area contributed by atoms with Crippen molar-refractivity contribution < 1.29 is 9.59 Å². The molecule has 1 N–H and O–H groups in total. The standard InChI is InChI=1S/C18H22N4O2/c1-13(15-11-19-21(2)12-15)20-17(23)10-14-5-7-16(8-6-14)22-9-3-4-18(22)24/h5-8,11-13H,3-4,9-10H2,1-2H3,(H,20,23)/t13-/m1/s1. The molecule has 2 aromatic rings. The number of anilines is 1. The predicted octanol–water partition coefficient (Wildman–Crippen LogP) is 1.97. The van der Waals surface area contributed by atoms with Gasteiger partial charge in [0.25, 0.3) is 0 Å². The number of carbonyl (C=O) groups is 2. The summed E-state index contributed by atoms with van der Waals surface area (Å²) in [4.78, 5) is 25.7. The average Bonchev–Trinajstić information content (AvgIpc) is 3.16. The number of nitrogens with zero attached hydrogens (tertiary/aromatic N) is 3. The van der Waals surface area contributed by atoms with E-state index in [1.807, 2.05) is 44.4 Å². The lowest BCUT2D eigenvalue weighted by Crippen LogP contribution is -2.28. The van der Waals surface area contributed by atoms with Gasteiger partial charge in [0.05, 0.1) is 18.7 Å². The van der Waals surface area contributed by atoms with Crippen LogP contribution in [0.2, 0.25) is 0 Å². The van der Waals surface area contributed by atoms with E-state index in [9.17, 15) is 9.59 Å². The number of amides is 2. The largest absolute Gasteiger partial charge is 0.349 e. The molecular weight excluding hydrogens is 304 g/mol. The first-order valence-electron chi connectivity index (χ1n) is 8.20. The van der Waals surface area contributed by atoms with Crippen LogP contribution in [-0.4, -0.2) is 28.1 Å². The third-order valence-corrected chi connectivity index (χ3v) is 4.29. The molecule has 2 amide bonds. The number of hydrogen-bond acceptors (Lipinski definition) is 3. The molecule has 1 aliphatic rings. The number of rotatable bonds is 5. The Balaban J connectivity index is 1.57. The van der Waals surface area contributed by atoms with Gasteiger partial charge < -0.3 is 10.2 Å². The molecule has 6 nitrogen and oxygen atoms in total. The molecular formula is C18H22N4O2. The molecule has 1 fully saturated rings. The van der Waals surface area contributed by atoms with Crippen LogP contribution in [0.3, 0.4) is 0 Å². The Labute approximate surface area is 141 Å². The summed E-state index contributed by atoms with van der Waals surface area (Å²) < 4.78 is 1.72. The van der Waals surface area contributed by atoms with Gasteiger partial charge in [-0.15, -0.1) is 0 Å². The second-order valence-corrected chi connectivity index (χ2v) is 6.23. The van der Waals surface area contributed by atoms with E-state index in [-0.39, 0.29) is 17.9 Å². The van der Waals surface area contributed by atoms with Crippen LogP contribution in [0.25, 0.3) is 0 Å². The van der Waals surface area contributed by atoms with Crippen LogP contribution >= 0.6 is 0 Å². The molecule has 0 saturated carbocycles. The van der Waals surface area contributed by atoms with Crippen LogP contribution in [-0.2, 0) is 23.1 Å². The Bertz CT molecular complexity index is 736. The molecule has 0 radical (unpaired) electrons. The molecule has 0 unspecified atom stereocenters. The average molecular weight is 326 g/mol. The molecule has 1 atom stereocenters. The van der Waals surface area contributed by atoms with Crippen LogP contribution in [0.15, 0.2) is 36.7 Å². The van der Waals surface area contributed by atoms with E-state index in [4.69, 9.17) is 0 Å². The molecule has 0 spiro atoms. The number of hydrogen-bond donors (Lipinski definition) is 1. The van der Waals surface area contributed by atoms with E-state index < -0.39 is 0 Å². The number of benzene rings is 1. The summed E-state index contributed by atoms with van der Waals surface area (Å²) in [5, 5.41) is 7.09. The Kier molecular flexibility index (Phi) is 4.64. The highest BCUT2D eigenvalue weighted by Crippen LogP contribution is 2.21. The number of carbonyl (C=O) groups excluding carboxylic acids is 2. The molecule has 3 rings (SSSR count). The van der Waals surface area contributed by atoms with E-state index in [1.165, 1.54) is 0 Å². The van der Waals surface area contributed by atoms with Gasteiger partial charge >= 0.3 is 0 Å². The van der Waals surface area contributed by atoms with Crippen LogP contribution < -0.4 is 10.2 Å². The van der Waals surface area contributed by atoms with Crippen molar-refractivity contribution in [1.29, 1.82) is 0 Å². The number of aryl methyl sites for hydroxylation is 1. The summed E-state index contributed by atoms with van der Waals surface area (Å²) in [5.74, 6) is 0.141. The molecule has 24 heavy (non-hydrogen) atoms. The lowest BCUT2D eigenvalue weighted by Gasteiger charge is -2.16. The summed E-state index contributed by atoms with van der Waals surface area (Å²) in [6.07, 6.45) is 5.50. The van der Waals surface area contributed by atoms with Crippen molar-refractivity contribution in [2.45, 2.75) is 32.2 Å². The van der Waals surface area contributed by atoms with Crippen molar-refractivity contribution in [3.8, 4) is 0 Å². The summed E-state index contributed by atoms with van der Waals surface area (Å²) in [6, 6.07) is 7.57. The van der Waals surface area contributed by atoms with E-state index in [2.05, 4.69) is 10.4 Å². The second kappa shape index (κ2) is 6.86. The third kappa shape index (κ3) is 3.64. The first-order chi connectivity index (χ1) is 11.5. The topological polar surface area (TPSA) is 67.2 Å². The van der Waals surface area contributed by atoms with Gasteiger partial charge in [-0.25, -0.2) is 0 Å². The van der Waals surface area contributed by atoms with Crippen LogP contribution in [0.5, 0.6) is 0 Å². The minimum Gasteiger partial charge on any atom is -0.349 e. The Morgan fingerprint density at radius 3 is 2.67 bits per heavy atom. The zero-order valence-corrected chi connectivity index (χ0v) is 14.0. The first-order valence-corrected chi connectivity index (χ1v) is 8.20. The lowest BCUT2D eigenvalue weighted by molar-refractivity contribution is -0.121. The van der Waals surface area contributed by atoms with Crippen molar-refractivity contribution in [3.05, 3.63) is 47.8 Å². The predicted molar refractivity (Wildman–Crippen MR) is 91.5 cm³/mol. The SMILES string of the molecule is C[C@@H](NC(=O)Cc1ccc(N2CCCC2=O)cc1)c1cnn(C)c1. The monoisotopic (exact) mass is 326 g/mol. The fourth-order valence-electron chi connectivity index (χ4n) is 2.94. The van der Waals surface area contributed by atoms with Crippen LogP contribution in [0.4, 0.5) is 5.69 Å². The molecule has 126 valence electrons. The fourth-order valence-corrected chi connectivity index (χ4v) is 2.94. The third-order valence-electron chi connectivity index (χ3n) is 4.29. The minimum atomic E-state index is -0.0762. The van der Waals surface area contributed by atoms with Gasteiger partial charge in [-0.05, 0) is 31.0 Å². The summed E-state index contributed by atoms with van der Waals surface area (Å²) in [5.41, 5.74) is 2.82. The molecule has 1 saturated heterocycles. The highest BCUT2D eigenvalue weighted by Gasteiger charge is 2.21.